The number of anilines is 2. The molecule has 4 aromatic rings. The van der Waals surface area contributed by atoms with E-state index in [4.69, 9.17) is 17.3 Å². The molecule has 0 aliphatic heterocycles. The maximum atomic E-state index is 12.6. The molecule has 0 fully saturated rings. The molecule has 8 heteroatoms. The number of carbonyl (C=O) groups is 1. The van der Waals surface area contributed by atoms with Crippen molar-refractivity contribution in [1.29, 1.82) is 0 Å². The molecule has 3 heterocycles. The lowest BCUT2D eigenvalue weighted by Crippen LogP contribution is -2.12. The molecular formula is C19H12BrClN4OS. The van der Waals surface area contributed by atoms with Gasteiger partial charge in [-0.25, -0.2) is 9.97 Å². The second-order valence-corrected chi connectivity index (χ2v) is 8.07. The summed E-state index contributed by atoms with van der Waals surface area (Å²) < 4.78 is 0.834. The second-order valence-electron chi connectivity index (χ2n) is 5.72. The van der Waals surface area contributed by atoms with Crippen molar-refractivity contribution in [2.24, 2.45) is 0 Å². The third-order valence-electron chi connectivity index (χ3n) is 3.91. The van der Waals surface area contributed by atoms with Crippen LogP contribution in [0.5, 0.6) is 0 Å². The van der Waals surface area contributed by atoms with Gasteiger partial charge in [-0.3, -0.25) is 4.79 Å². The van der Waals surface area contributed by atoms with E-state index in [1.165, 1.54) is 11.3 Å². The molecule has 1 amide bonds. The van der Waals surface area contributed by atoms with Crippen LogP contribution in [0.25, 0.3) is 21.5 Å². The highest BCUT2D eigenvalue weighted by Gasteiger charge is 2.18. The fourth-order valence-corrected chi connectivity index (χ4v) is 3.92. The molecule has 0 aliphatic carbocycles. The predicted molar refractivity (Wildman–Crippen MR) is 114 cm³/mol. The molecule has 0 spiro atoms. The van der Waals surface area contributed by atoms with Crippen molar-refractivity contribution in [2.75, 3.05) is 11.1 Å². The van der Waals surface area contributed by atoms with Gasteiger partial charge in [-0.15, -0.1) is 11.3 Å². The smallest absolute Gasteiger partial charge is 0.269 e. The number of thiophene rings is 1. The van der Waals surface area contributed by atoms with E-state index in [1.807, 2.05) is 36.4 Å². The maximum absolute atomic E-state index is 12.6. The van der Waals surface area contributed by atoms with Crippen molar-refractivity contribution in [3.63, 3.8) is 0 Å². The highest BCUT2D eigenvalue weighted by molar-refractivity contribution is 9.10. The fraction of sp³-hybridized carbons (Fsp3) is 0. The van der Waals surface area contributed by atoms with Crippen LogP contribution < -0.4 is 11.1 Å². The highest BCUT2D eigenvalue weighted by Crippen LogP contribution is 2.34. The van der Waals surface area contributed by atoms with E-state index in [2.05, 4.69) is 31.2 Å². The number of halogens is 2. The molecule has 0 aliphatic rings. The summed E-state index contributed by atoms with van der Waals surface area (Å²) in [5.41, 5.74) is 8.34. The van der Waals surface area contributed by atoms with Crippen molar-refractivity contribution < 1.29 is 4.79 Å². The SMILES string of the molecule is Nc1c(C(=O)Nc2ccc(Br)cn2)sc2nc(-c3ccc(Cl)cc3)ccc12. The largest absolute Gasteiger partial charge is 0.397 e. The number of nitrogens with one attached hydrogen (secondary N) is 1. The molecule has 0 bridgehead atoms. The molecule has 27 heavy (non-hydrogen) atoms. The summed E-state index contributed by atoms with van der Waals surface area (Å²) in [6.45, 7) is 0. The first kappa shape index (κ1) is 17.9. The third-order valence-corrected chi connectivity index (χ3v) is 5.74. The first-order valence-corrected chi connectivity index (χ1v) is 9.88. The van der Waals surface area contributed by atoms with E-state index in [1.54, 1.807) is 18.3 Å². The molecule has 0 radical (unpaired) electrons. The molecule has 0 saturated carbocycles. The summed E-state index contributed by atoms with van der Waals surface area (Å²) in [5, 5.41) is 4.18. The number of fused-ring (bicyclic) bond motifs is 1. The van der Waals surface area contributed by atoms with E-state index >= 15 is 0 Å². The zero-order valence-corrected chi connectivity index (χ0v) is 16.9. The lowest BCUT2D eigenvalue weighted by molar-refractivity contribution is 0.103. The van der Waals surface area contributed by atoms with Crippen molar-refractivity contribution in [3.05, 3.63) is 69.1 Å². The summed E-state index contributed by atoms with van der Waals surface area (Å²) >= 11 is 10.5. The minimum atomic E-state index is -0.307. The number of nitrogens with zero attached hydrogens (tertiary/aromatic N) is 2. The summed E-state index contributed by atoms with van der Waals surface area (Å²) in [7, 11) is 0. The van der Waals surface area contributed by atoms with E-state index in [0.717, 1.165) is 21.1 Å². The van der Waals surface area contributed by atoms with Gasteiger partial charge >= 0.3 is 0 Å². The van der Waals surface area contributed by atoms with Crippen LogP contribution in [0.3, 0.4) is 0 Å². The van der Waals surface area contributed by atoms with Crippen molar-refractivity contribution >= 4 is 66.5 Å². The summed E-state index contributed by atoms with van der Waals surface area (Å²) in [5.74, 6) is 0.147. The van der Waals surface area contributed by atoms with Gasteiger partial charge in [-0.05, 0) is 52.3 Å². The quantitative estimate of drug-likeness (QED) is 0.417. The number of nitrogen functional groups attached to an aromatic ring is 1. The number of hydrogen-bond donors (Lipinski definition) is 2. The van der Waals surface area contributed by atoms with Gasteiger partial charge < -0.3 is 11.1 Å². The van der Waals surface area contributed by atoms with Crippen LogP contribution >= 0.6 is 38.9 Å². The average molecular weight is 460 g/mol. The van der Waals surface area contributed by atoms with Crippen LogP contribution in [0, 0.1) is 0 Å². The Morgan fingerprint density at radius 3 is 2.59 bits per heavy atom. The van der Waals surface area contributed by atoms with Crippen LogP contribution in [0.1, 0.15) is 9.67 Å². The van der Waals surface area contributed by atoms with Gasteiger partial charge in [0.05, 0.1) is 11.4 Å². The molecule has 3 N–H and O–H groups in total. The van der Waals surface area contributed by atoms with Gasteiger partial charge in [0, 0.05) is 26.6 Å². The van der Waals surface area contributed by atoms with E-state index < -0.39 is 0 Å². The third kappa shape index (κ3) is 3.66. The second kappa shape index (κ2) is 7.26. The first-order chi connectivity index (χ1) is 13.0. The normalized spacial score (nSPS) is 10.9. The lowest BCUT2D eigenvalue weighted by atomic mass is 10.1. The van der Waals surface area contributed by atoms with Gasteiger partial charge in [-0.1, -0.05) is 23.7 Å². The van der Waals surface area contributed by atoms with Gasteiger partial charge in [0.2, 0.25) is 0 Å². The number of nitrogens with two attached hydrogens (primary N) is 1. The van der Waals surface area contributed by atoms with Gasteiger partial charge in [0.1, 0.15) is 15.5 Å². The van der Waals surface area contributed by atoms with E-state index in [0.29, 0.717) is 26.2 Å². The van der Waals surface area contributed by atoms with E-state index in [-0.39, 0.29) is 5.91 Å². The minimum absolute atomic E-state index is 0.307. The monoisotopic (exact) mass is 458 g/mol. The summed E-state index contributed by atoms with van der Waals surface area (Å²) in [6, 6.07) is 14.7. The van der Waals surface area contributed by atoms with Gasteiger partial charge in [-0.2, -0.15) is 0 Å². The molecule has 4 rings (SSSR count). The number of pyridine rings is 2. The Hall–Kier alpha value is -2.48. The highest BCUT2D eigenvalue weighted by atomic mass is 79.9. The average Bonchev–Trinajstić information content (AvgIpc) is 3.00. The fourth-order valence-electron chi connectivity index (χ4n) is 2.57. The maximum Gasteiger partial charge on any atom is 0.269 e. The zero-order chi connectivity index (χ0) is 19.0. The first-order valence-electron chi connectivity index (χ1n) is 7.89. The Balaban J connectivity index is 1.67. The molecule has 5 nitrogen and oxygen atoms in total. The Morgan fingerprint density at radius 1 is 1.11 bits per heavy atom. The molecule has 0 saturated heterocycles. The van der Waals surface area contributed by atoms with Crippen LogP contribution in [0.15, 0.2) is 59.2 Å². The number of hydrogen-bond acceptors (Lipinski definition) is 5. The van der Waals surface area contributed by atoms with E-state index in [9.17, 15) is 4.79 Å². The summed E-state index contributed by atoms with van der Waals surface area (Å²) in [6.07, 6.45) is 1.61. The Labute approximate surface area is 172 Å². The van der Waals surface area contributed by atoms with Crippen LogP contribution in [-0.2, 0) is 0 Å². The molecule has 0 unspecified atom stereocenters. The minimum Gasteiger partial charge on any atom is -0.397 e. The zero-order valence-electron chi connectivity index (χ0n) is 13.7. The van der Waals surface area contributed by atoms with Crippen LogP contribution in [0.2, 0.25) is 5.02 Å². The number of rotatable bonds is 3. The van der Waals surface area contributed by atoms with Crippen molar-refractivity contribution in [1.82, 2.24) is 9.97 Å². The Kier molecular flexibility index (Phi) is 4.82. The predicted octanol–water partition coefficient (Wildman–Crippen LogP) is 5.61. The van der Waals surface area contributed by atoms with Crippen molar-refractivity contribution in [2.45, 2.75) is 0 Å². The van der Waals surface area contributed by atoms with Crippen LogP contribution in [0.4, 0.5) is 11.5 Å². The Morgan fingerprint density at radius 2 is 1.89 bits per heavy atom. The standard InChI is InChI=1S/C19H12BrClN4OS/c20-11-3-8-15(23-9-11)25-18(26)17-16(22)13-6-7-14(24-19(13)27-17)10-1-4-12(21)5-2-10/h1-9H,22H2,(H,23,25,26). The molecule has 3 aromatic heterocycles. The Bertz CT molecular complexity index is 1140. The molecule has 1 aromatic carbocycles. The number of amides is 1. The molecule has 0 atom stereocenters. The topological polar surface area (TPSA) is 80.9 Å². The summed E-state index contributed by atoms with van der Waals surface area (Å²) in [4.78, 5) is 22.5. The molecule has 134 valence electrons. The van der Waals surface area contributed by atoms with Gasteiger partial charge in [0.25, 0.3) is 5.91 Å². The van der Waals surface area contributed by atoms with Crippen molar-refractivity contribution in [3.8, 4) is 11.3 Å². The van der Waals surface area contributed by atoms with Gasteiger partial charge in [0.15, 0.2) is 0 Å². The number of aromatic nitrogens is 2. The van der Waals surface area contributed by atoms with Crippen LogP contribution in [-0.4, -0.2) is 15.9 Å². The number of carbonyl (C=O) groups excluding carboxylic acids is 1. The number of benzene rings is 1. The molecular weight excluding hydrogens is 448 g/mol. The lowest BCUT2D eigenvalue weighted by Gasteiger charge is -2.03.